The highest BCUT2D eigenvalue weighted by Gasteiger charge is 2.07. The molecule has 0 fully saturated rings. The number of benzene rings is 1. The third kappa shape index (κ3) is 3.65. The Morgan fingerprint density at radius 2 is 1.90 bits per heavy atom. The van der Waals surface area contributed by atoms with Crippen molar-refractivity contribution in [1.82, 2.24) is 4.98 Å². The van der Waals surface area contributed by atoms with Crippen molar-refractivity contribution in [3.63, 3.8) is 0 Å². The number of carbonyl (C=O) groups excluding carboxylic acids is 1. The maximum atomic E-state index is 12.0. The SMILES string of the molecule is Cc1cc(C(=O)Nc2ccc(CC(=O)O)cc2)ccn1. The molecule has 0 radical (unpaired) electrons. The first-order chi connectivity index (χ1) is 9.54. The third-order valence-corrected chi connectivity index (χ3v) is 2.73. The molecule has 2 rings (SSSR count). The second-order valence-corrected chi connectivity index (χ2v) is 4.41. The van der Waals surface area contributed by atoms with Crippen molar-refractivity contribution in [3.05, 3.63) is 59.4 Å². The van der Waals surface area contributed by atoms with Gasteiger partial charge in [-0.3, -0.25) is 14.6 Å². The molecule has 5 nitrogen and oxygen atoms in total. The molecule has 0 aliphatic rings. The molecule has 0 aliphatic carbocycles. The molecular weight excluding hydrogens is 256 g/mol. The van der Waals surface area contributed by atoms with E-state index in [-0.39, 0.29) is 12.3 Å². The Labute approximate surface area is 116 Å². The molecule has 1 heterocycles. The minimum absolute atomic E-state index is 0.0300. The second-order valence-electron chi connectivity index (χ2n) is 4.41. The first-order valence-corrected chi connectivity index (χ1v) is 6.09. The number of pyridine rings is 1. The van der Waals surface area contributed by atoms with Crippen LogP contribution in [0, 0.1) is 6.92 Å². The Kier molecular flexibility index (Phi) is 4.10. The van der Waals surface area contributed by atoms with Crippen molar-refractivity contribution in [2.45, 2.75) is 13.3 Å². The van der Waals surface area contributed by atoms with E-state index in [9.17, 15) is 9.59 Å². The number of amides is 1. The van der Waals surface area contributed by atoms with Gasteiger partial charge in [-0.15, -0.1) is 0 Å². The zero-order chi connectivity index (χ0) is 14.5. The van der Waals surface area contributed by atoms with Gasteiger partial charge in [0.25, 0.3) is 5.91 Å². The number of anilines is 1. The van der Waals surface area contributed by atoms with Gasteiger partial charge in [-0.05, 0) is 36.8 Å². The molecule has 0 saturated carbocycles. The van der Waals surface area contributed by atoms with Crippen LogP contribution in [0.15, 0.2) is 42.6 Å². The molecule has 0 atom stereocenters. The molecule has 1 amide bonds. The number of nitrogens with zero attached hydrogens (tertiary/aromatic N) is 1. The van der Waals surface area contributed by atoms with Crippen molar-refractivity contribution in [2.75, 3.05) is 5.32 Å². The van der Waals surface area contributed by atoms with Crippen LogP contribution < -0.4 is 5.32 Å². The minimum Gasteiger partial charge on any atom is -0.481 e. The number of hydrogen-bond acceptors (Lipinski definition) is 3. The molecule has 102 valence electrons. The predicted octanol–water partition coefficient (Wildman–Crippen LogP) is 2.27. The van der Waals surface area contributed by atoms with Crippen molar-refractivity contribution < 1.29 is 14.7 Å². The van der Waals surface area contributed by atoms with E-state index in [2.05, 4.69) is 10.3 Å². The van der Waals surface area contributed by atoms with E-state index in [4.69, 9.17) is 5.11 Å². The number of aliphatic carboxylic acids is 1. The molecule has 0 aliphatic heterocycles. The quantitative estimate of drug-likeness (QED) is 0.893. The maximum Gasteiger partial charge on any atom is 0.307 e. The molecular formula is C15H14N2O3. The van der Waals surface area contributed by atoms with E-state index < -0.39 is 5.97 Å². The van der Waals surface area contributed by atoms with Crippen LogP contribution in [0.4, 0.5) is 5.69 Å². The average Bonchev–Trinajstić information content (AvgIpc) is 2.40. The van der Waals surface area contributed by atoms with E-state index in [0.717, 1.165) is 5.69 Å². The molecule has 0 spiro atoms. The number of hydrogen-bond donors (Lipinski definition) is 2. The second kappa shape index (κ2) is 5.97. The van der Waals surface area contributed by atoms with Gasteiger partial charge in [0, 0.05) is 23.1 Å². The summed E-state index contributed by atoms with van der Waals surface area (Å²) in [6, 6.07) is 10.1. The summed E-state index contributed by atoms with van der Waals surface area (Å²) in [4.78, 5) is 26.6. The normalized spacial score (nSPS) is 10.1. The predicted molar refractivity (Wildman–Crippen MR) is 74.7 cm³/mol. The van der Waals surface area contributed by atoms with Crippen molar-refractivity contribution in [3.8, 4) is 0 Å². The summed E-state index contributed by atoms with van der Waals surface area (Å²) < 4.78 is 0. The Morgan fingerprint density at radius 3 is 2.50 bits per heavy atom. The number of nitrogens with one attached hydrogen (secondary N) is 1. The molecule has 1 aromatic heterocycles. The van der Waals surface area contributed by atoms with E-state index in [0.29, 0.717) is 16.8 Å². The van der Waals surface area contributed by atoms with Gasteiger partial charge in [-0.1, -0.05) is 12.1 Å². The Balaban J connectivity index is 2.06. The monoisotopic (exact) mass is 270 g/mol. The van der Waals surface area contributed by atoms with Gasteiger partial charge < -0.3 is 10.4 Å². The standard InChI is InChI=1S/C15H14N2O3/c1-10-8-12(6-7-16-10)15(20)17-13-4-2-11(3-5-13)9-14(18)19/h2-8H,9H2,1H3,(H,17,20)(H,18,19). The highest BCUT2D eigenvalue weighted by molar-refractivity contribution is 6.04. The molecule has 2 aromatic rings. The van der Waals surface area contributed by atoms with Crippen LogP contribution in [-0.4, -0.2) is 22.0 Å². The molecule has 5 heteroatoms. The highest BCUT2D eigenvalue weighted by atomic mass is 16.4. The van der Waals surface area contributed by atoms with Gasteiger partial charge in [-0.2, -0.15) is 0 Å². The minimum atomic E-state index is -0.881. The lowest BCUT2D eigenvalue weighted by Gasteiger charge is -2.06. The first-order valence-electron chi connectivity index (χ1n) is 6.09. The van der Waals surface area contributed by atoms with Crippen LogP contribution in [0.5, 0.6) is 0 Å². The summed E-state index contributed by atoms with van der Waals surface area (Å²) in [7, 11) is 0. The maximum absolute atomic E-state index is 12.0. The van der Waals surface area contributed by atoms with Crippen LogP contribution >= 0.6 is 0 Å². The van der Waals surface area contributed by atoms with E-state index in [1.54, 1.807) is 42.6 Å². The number of carbonyl (C=O) groups is 2. The van der Waals surface area contributed by atoms with Gasteiger partial charge >= 0.3 is 5.97 Å². The van der Waals surface area contributed by atoms with Gasteiger partial charge in [-0.25, -0.2) is 0 Å². The largest absolute Gasteiger partial charge is 0.481 e. The number of aromatic nitrogens is 1. The Bertz CT molecular complexity index is 636. The zero-order valence-electron chi connectivity index (χ0n) is 11.0. The molecule has 20 heavy (non-hydrogen) atoms. The fourth-order valence-electron chi connectivity index (χ4n) is 1.77. The summed E-state index contributed by atoms with van der Waals surface area (Å²) in [6.07, 6.45) is 1.55. The summed E-state index contributed by atoms with van der Waals surface area (Å²) in [6.45, 7) is 1.82. The van der Waals surface area contributed by atoms with E-state index >= 15 is 0 Å². The summed E-state index contributed by atoms with van der Waals surface area (Å²) in [5, 5.41) is 11.4. The van der Waals surface area contributed by atoms with Crippen LogP contribution in [0.3, 0.4) is 0 Å². The van der Waals surface area contributed by atoms with E-state index in [1.807, 2.05) is 6.92 Å². The van der Waals surface area contributed by atoms with Crippen LogP contribution in [-0.2, 0) is 11.2 Å². The Morgan fingerprint density at radius 1 is 1.20 bits per heavy atom. The van der Waals surface area contributed by atoms with Crippen molar-refractivity contribution >= 4 is 17.6 Å². The van der Waals surface area contributed by atoms with Gasteiger partial charge in [0.2, 0.25) is 0 Å². The summed E-state index contributed by atoms with van der Waals surface area (Å²) >= 11 is 0. The molecule has 1 aromatic carbocycles. The fourth-order valence-corrected chi connectivity index (χ4v) is 1.77. The van der Waals surface area contributed by atoms with Crippen molar-refractivity contribution in [2.24, 2.45) is 0 Å². The zero-order valence-corrected chi connectivity index (χ0v) is 11.0. The molecule has 0 bridgehead atoms. The number of aryl methyl sites for hydroxylation is 1. The number of carboxylic acids is 1. The average molecular weight is 270 g/mol. The smallest absolute Gasteiger partial charge is 0.307 e. The number of carboxylic acid groups (broad SMARTS) is 1. The van der Waals surface area contributed by atoms with Gasteiger partial charge in [0.15, 0.2) is 0 Å². The van der Waals surface area contributed by atoms with Gasteiger partial charge in [0.05, 0.1) is 6.42 Å². The third-order valence-electron chi connectivity index (χ3n) is 2.73. The molecule has 0 saturated heterocycles. The molecule has 0 unspecified atom stereocenters. The van der Waals surface area contributed by atoms with Crippen LogP contribution in [0.25, 0.3) is 0 Å². The lowest BCUT2D eigenvalue weighted by molar-refractivity contribution is -0.136. The van der Waals surface area contributed by atoms with Gasteiger partial charge in [0.1, 0.15) is 0 Å². The van der Waals surface area contributed by atoms with Crippen molar-refractivity contribution in [1.29, 1.82) is 0 Å². The lowest BCUT2D eigenvalue weighted by Crippen LogP contribution is -2.12. The fraction of sp³-hybridized carbons (Fsp3) is 0.133. The highest BCUT2D eigenvalue weighted by Crippen LogP contribution is 2.12. The van der Waals surface area contributed by atoms with Crippen LogP contribution in [0.1, 0.15) is 21.6 Å². The number of rotatable bonds is 4. The summed E-state index contributed by atoms with van der Waals surface area (Å²) in [5.41, 5.74) is 2.62. The van der Waals surface area contributed by atoms with E-state index in [1.165, 1.54) is 0 Å². The topological polar surface area (TPSA) is 79.3 Å². The Hall–Kier alpha value is -2.69. The van der Waals surface area contributed by atoms with Crippen LogP contribution in [0.2, 0.25) is 0 Å². The molecule has 2 N–H and O–H groups in total. The lowest BCUT2D eigenvalue weighted by atomic mass is 10.1. The first kappa shape index (κ1) is 13.7. The summed E-state index contributed by atoms with van der Waals surface area (Å²) in [5.74, 6) is -1.10.